The van der Waals surface area contributed by atoms with Gasteiger partial charge in [-0.3, -0.25) is 4.90 Å². The van der Waals surface area contributed by atoms with Crippen LogP contribution in [0.2, 0.25) is 0 Å². The van der Waals surface area contributed by atoms with Gasteiger partial charge in [-0.2, -0.15) is 15.2 Å². The fourth-order valence-electron chi connectivity index (χ4n) is 7.30. The number of nitriles is 1. The van der Waals surface area contributed by atoms with Gasteiger partial charge in [-0.05, 0) is 61.9 Å². The Balaban J connectivity index is 1.23. The first-order valence-corrected chi connectivity index (χ1v) is 13.6. The van der Waals surface area contributed by atoms with Crippen LogP contribution in [-0.2, 0) is 29.8 Å². The van der Waals surface area contributed by atoms with Gasteiger partial charge in [0.25, 0.3) is 0 Å². The first-order chi connectivity index (χ1) is 18.0. The molecule has 3 saturated heterocycles. The lowest BCUT2D eigenvalue weighted by atomic mass is 9.74. The van der Waals surface area contributed by atoms with Gasteiger partial charge in [-0.1, -0.05) is 6.07 Å². The van der Waals surface area contributed by atoms with E-state index in [0.29, 0.717) is 51.7 Å². The van der Waals surface area contributed by atoms with Crippen LogP contribution in [0.3, 0.4) is 0 Å². The maximum absolute atomic E-state index is 14.3. The Kier molecular flexibility index (Phi) is 5.35. The van der Waals surface area contributed by atoms with E-state index in [9.17, 15) is 9.65 Å². The molecule has 3 atom stereocenters. The summed E-state index contributed by atoms with van der Waals surface area (Å²) in [5.74, 6) is 0.811. The number of hydrogen-bond acceptors (Lipinski definition) is 8. The van der Waals surface area contributed by atoms with Crippen LogP contribution in [0, 0.1) is 17.2 Å². The van der Waals surface area contributed by atoms with Crippen molar-refractivity contribution in [2.75, 3.05) is 43.4 Å². The van der Waals surface area contributed by atoms with Gasteiger partial charge in [0.2, 0.25) is 0 Å². The van der Waals surface area contributed by atoms with Crippen LogP contribution in [0.1, 0.15) is 54.5 Å². The van der Waals surface area contributed by atoms with Crippen molar-refractivity contribution in [1.29, 1.82) is 5.26 Å². The number of fused-ring (bicyclic) bond motifs is 4. The number of aromatic nitrogens is 2. The highest BCUT2D eigenvalue weighted by Crippen LogP contribution is 2.47. The van der Waals surface area contributed by atoms with Crippen molar-refractivity contribution in [2.45, 2.75) is 68.9 Å². The second kappa shape index (κ2) is 8.53. The maximum Gasteiger partial charge on any atom is 0.318 e. The third-order valence-corrected chi connectivity index (χ3v) is 9.24. The molecule has 1 aromatic heterocycles. The molecule has 194 valence electrons. The molecule has 2 aromatic rings. The third kappa shape index (κ3) is 3.76. The van der Waals surface area contributed by atoms with Crippen molar-refractivity contribution < 1.29 is 13.9 Å². The number of nitrogens with zero attached hydrogens (tertiary/aromatic N) is 5. The van der Waals surface area contributed by atoms with Gasteiger partial charge < -0.3 is 20.1 Å². The zero-order chi connectivity index (χ0) is 25.2. The molecule has 7 rings (SSSR count). The van der Waals surface area contributed by atoms with E-state index in [1.165, 1.54) is 11.1 Å². The second-order valence-electron chi connectivity index (χ2n) is 11.6. The highest BCUT2D eigenvalue weighted by molar-refractivity contribution is 5.55. The molecule has 37 heavy (non-hydrogen) atoms. The van der Waals surface area contributed by atoms with Crippen molar-refractivity contribution in [3.05, 3.63) is 40.6 Å². The fourth-order valence-corrected chi connectivity index (χ4v) is 7.30. The van der Waals surface area contributed by atoms with Crippen LogP contribution in [0.5, 0.6) is 6.01 Å². The normalized spacial score (nSPS) is 30.9. The Morgan fingerprint density at radius 2 is 2.11 bits per heavy atom. The Morgan fingerprint density at radius 1 is 1.22 bits per heavy atom. The smallest absolute Gasteiger partial charge is 0.318 e. The topological polar surface area (TPSA) is 101 Å². The van der Waals surface area contributed by atoms with E-state index in [0.717, 1.165) is 61.4 Å². The van der Waals surface area contributed by atoms with Crippen LogP contribution in [0.4, 0.5) is 15.9 Å². The lowest BCUT2D eigenvalue weighted by Gasteiger charge is -2.44. The molecular formula is C28H33FN6O2. The van der Waals surface area contributed by atoms with Gasteiger partial charge in [-0.15, -0.1) is 0 Å². The van der Waals surface area contributed by atoms with Crippen LogP contribution in [-0.4, -0.2) is 59.4 Å². The molecule has 3 unspecified atom stereocenters. The van der Waals surface area contributed by atoms with Gasteiger partial charge in [0.1, 0.15) is 18.6 Å². The van der Waals surface area contributed by atoms with Crippen molar-refractivity contribution in [1.82, 2.24) is 14.9 Å². The molecule has 0 saturated carbocycles. The molecular weight excluding hydrogens is 471 g/mol. The minimum Gasteiger partial charge on any atom is -0.461 e. The fraction of sp³-hybridized carbons (Fsp3) is 0.607. The van der Waals surface area contributed by atoms with Crippen LogP contribution in [0.15, 0.2) is 18.2 Å². The summed E-state index contributed by atoms with van der Waals surface area (Å²) in [4.78, 5) is 14.1. The monoisotopic (exact) mass is 504 g/mol. The SMILES string of the molecule is N#CC1CN(c2nc(OCC34CCCN3CC(F)C4)nc3c2COC2(CCCc4ccc(N)cc42)C3)C1. The highest BCUT2D eigenvalue weighted by Gasteiger charge is 2.50. The van der Waals surface area contributed by atoms with Gasteiger partial charge >= 0.3 is 6.01 Å². The molecule has 3 fully saturated rings. The molecule has 5 heterocycles. The van der Waals surface area contributed by atoms with Crippen molar-refractivity contribution >= 4 is 11.5 Å². The first kappa shape index (κ1) is 23.2. The largest absolute Gasteiger partial charge is 0.461 e. The van der Waals surface area contributed by atoms with Gasteiger partial charge in [0.15, 0.2) is 0 Å². The number of aryl methyl sites for hydroxylation is 1. The lowest BCUT2D eigenvalue weighted by Crippen LogP contribution is -2.48. The molecule has 9 heteroatoms. The number of alkyl halides is 1. The van der Waals surface area contributed by atoms with Crippen LogP contribution in [0.25, 0.3) is 0 Å². The van der Waals surface area contributed by atoms with E-state index >= 15 is 0 Å². The molecule has 1 spiro atoms. The average Bonchev–Trinajstić information content (AvgIpc) is 3.38. The van der Waals surface area contributed by atoms with Gasteiger partial charge in [0, 0.05) is 43.7 Å². The second-order valence-corrected chi connectivity index (χ2v) is 11.6. The molecule has 8 nitrogen and oxygen atoms in total. The first-order valence-electron chi connectivity index (χ1n) is 13.6. The van der Waals surface area contributed by atoms with Crippen molar-refractivity contribution in [3.63, 3.8) is 0 Å². The predicted molar refractivity (Wildman–Crippen MR) is 136 cm³/mol. The summed E-state index contributed by atoms with van der Waals surface area (Å²) in [6.07, 6.45) is 5.33. The number of nitrogens with two attached hydrogens (primary N) is 1. The van der Waals surface area contributed by atoms with E-state index < -0.39 is 11.8 Å². The maximum atomic E-state index is 14.3. The van der Waals surface area contributed by atoms with Gasteiger partial charge in [0.05, 0.1) is 35.4 Å². The van der Waals surface area contributed by atoms with Crippen LogP contribution >= 0.6 is 0 Å². The van der Waals surface area contributed by atoms with E-state index in [2.05, 4.69) is 28.0 Å². The van der Waals surface area contributed by atoms with Crippen LogP contribution < -0.4 is 15.4 Å². The molecule has 0 amide bonds. The predicted octanol–water partition coefficient (Wildman–Crippen LogP) is 3.28. The standard InChI is InChI=1S/C28H33FN6O2/c29-20-10-27(6-2-8-35(27)15-20)17-36-26-32-24-11-28(7-1-3-19-4-5-21(31)9-23(19)28)37-16-22(24)25(33-26)34-13-18(12-30)14-34/h4-5,9,18,20H,1-3,6-8,10-11,13-17,31H2. The van der Waals surface area contributed by atoms with Gasteiger partial charge in [-0.25, -0.2) is 4.39 Å². The Labute approximate surface area is 216 Å². The Morgan fingerprint density at radius 3 is 2.97 bits per heavy atom. The number of benzene rings is 1. The molecule has 0 bridgehead atoms. The number of halogens is 1. The van der Waals surface area contributed by atoms with E-state index in [4.69, 9.17) is 25.2 Å². The zero-order valence-electron chi connectivity index (χ0n) is 21.1. The number of rotatable bonds is 4. The van der Waals surface area contributed by atoms with E-state index in [1.54, 1.807) is 0 Å². The third-order valence-electron chi connectivity index (χ3n) is 9.24. The Hall–Kier alpha value is -2.96. The summed E-state index contributed by atoms with van der Waals surface area (Å²) >= 11 is 0. The molecule has 5 aliphatic rings. The highest BCUT2D eigenvalue weighted by atomic mass is 19.1. The molecule has 4 aliphatic heterocycles. The molecule has 0 radical (unpaired) electrons. The summed E-state index contributed by atoms with van der Waals surface area (Å²) in [6, 6.07) is 8.85. The summed E-state index contributed by atoms with van der Waals surface area (Å²) < 4.78 is 27.3. The summed E-state index contributed by atoms with van der Waals surface area (Å²) in [7, 11) is 0. The molecule has 2 N–H and O–H groups in total. The van der Waals surface area contributed by atoms with E-state index in [1.807, 2.05) is 6.07 Å². The number of nitrogen functional groups attached to an aromatic ring is 1. The zero-order valence-corrected chi connectivity index (χ0v) is 21.1. The lowest BCUT2D eigenvalue weighted by molar-refractivity contribution is -0.0855. The minimum absolute atomic E-state index is 0.00458. The average molecular weight is 505 g/mol. The van der Waals surface area contributed by atoms with Crippen molar-refractivity contribution in [3.8, 4) is 12.1 Å². The molecule has 1 aromatic carbocycles. The summed E-state index contributed by atoms with van der Waals surface area (Å²) in [5, 5.41) is 9.33. The number of hydrogen-bond donors (Lipinski definition) is 1. The summed E-state index contributed by atoms with van der Waals surface area (Å²) in [6.45, 7) is 3.51. The van der Waals surface area contributed by atoms with E-state index in [-0.39, 0.29) is 11.5 Å². The van der Waals surface area contributed by atoms with Crippen molar-refractivity contribution in [2.24, 2.45) is 5.92 Å². The quantitative estimate of drug-likeness (QED) is 0.634. The minimum atomic E-state index is -0.802. The Bertz CT molecular complexity index is 1280. The summed E-state index contributed by atoms with van der Waals surface area (Å²) in [5.41, 5.74) is 10.6. The molecule has 1 aliphatic carbocycles. The number of anilines is 2. The number of ether oxygens (including phenoxy) is 2.